The summed E-state index contributed by atoms with van der Waals surface area (Å²) in [6, 6.07) is 8.04. The van der Waals surface area contributed by atoms with E-state index in [0.29, 0.717) is 5.06 Å². The monoisotopic (exact) mass is 318 g/mol. The number of hydroxylamine groups is 2. The van der Waals surface area contributed by atoms with Crippen molar-refractivity contribution >= 4 is 17.8 Å². The number of aromatic nitrogens is 1. The molecule has 1 aliphatic heterocycles. The summed E-state index contributed by atoms with van der Waals surface area (Å²) in [4.78, 5) is 44.2. The Morgan fingerprint density at radius 3 is 2.13 bits per heavy atom. The topological polar surface area (TPSA) is 76.6 Å². The fourth-order valence-electron chi connectivity index (χ4n) is 2.03. The van der Waals surface area contributed by atoms with Crippen LogP contribution in [0.15, 0.2) is 42.6 Å². The van der Waals surface area contributed by atoms with Crippen molar-refractivity contribution in [2.24, 2.45) is 0 Å². The summed E-state index contributed by atoms with van der Waals surface area (Å²) in [6.45, 7) is 0. The zero-order valence-electron chi connectivity index (χ0n) is 11.4. The summed E-state index contributed by atoms with van der Waals surface area (Å²) in [5, 5.41) is 0.329. The number of nitrogens with zero attached hydrogens (tertiary/aromatic N) is 2. The number of carbonyl (C=O) groups excluding carboxylic acids is 3. The molecule has 1 aromatic heterocycles. The summed E-state index contributed by atoms with van der Waals surface area (Å²) >= 11 is 0. The molecule has 0 atom stereocenters. The molecule has 2 aromatic rings. The standard InChI is InChI=1S/C15H8F2N2O4/c16-12(17)8-5-6-11(18-7-8)15(22)23-19-13(20)9-3-1-2-4-10(9)14(19)21/h1-7,12H. The molecule has 0 radical (unpaired) electrons. The number of carbonyl (C=O) groups is 3. The van der Waals surface area contributed by atoms with E-state index < -0.39 is 24.2 Å². The van der Waals surface area contributed by atoms with E-state index in [-0.39, 0.29) is 22.4 Å². The Hall–Kier alpha value is -3.16. The van der Waals surface area contributed by atoms with Crippen molar-refractivity contribution in [1.82, 2.24) is 10.0 Å². The smallest absolute Gasteiger partial charge is 0.323 e. The number of hydrogen-bond acceptors (Lipinski definition) is 5. The first-order chi connectivity index (χ1) is 11.0. The third-order valence-corrected chi connectivity index (χ3v) is 3.18. The molecule has 23 heavy (non-hydrogen) atoms. The van der Waals surface area contributed by atoms with E-state index in [1.165, 1.54) is 12.1 Å². The average molecular weight is 318 g/mol. The van der Waals surface area contributed by atoms with Crippen molar-refractivity contribution in [3.8, 4) is 0 Å². The molecule has 0 saturated heterocycles. The van der Waals surface area contributed by atoms with Crippen LogP contribution in [0, 0.1) is 0 Å². The van der Waals surface area contributed by atoms with E-state index in [9.17, 15) is 23.2 Å². The van der Waals surface area contributed by atoms with Crippen LogP contribution in [0.5, 0.6) is 0 Å². The van der Waals surface area contributed by atoms with E-state index >= 15 is 0 Å². The van der Waals surface area contributed by atoms with Crippen molar-refractivity contribution in [2.75, 3.05) is 0 Å². The molecule has 3 rings (SSSR count). The van der Waals surface area contributed by atoms with Crippen molar-refractivity contribution in [2.45, 2.75) is 6.43 Å². The predicted octanol–water partition coefficient (Wildman–Crippen LogP) is 2.39. The van der Waals surface area contributed by atoms with Gasteiger partial charge >= 0.3 is 5.97 Å². The zero-order chi connectivity index (χ0) is 16.6. The molecule has 0 saturated carbocycles. The molecule has 0 unspecified atom stereocenters. The minimum Gasteiger partial charge on any atom is -0.323 e. The first-order valence-corrected chi connectivity index (χ1v) is 6.43. The molecule has 2 amide bonds. The van der Waals surface area contributed by atoms with Crippen molar-refractivity contribution < 1.29 is 28.0 Å². The van der Waals surface area contributed by atoms with Crippen LogP contribution in [0.1, 0.15) is 43.2 Å². The van der Waals surface area contributed by atoms with Crippen LogP contribution in [0.3, 0.4) is 0 Å². The van der Waals surface area contributed by atoms with E-state index in [1.807, 2.05) is 0 Å². The largest absolute Gasteiger partial charge is 0.382 e. The van der Waals surface area contributed by atoms with E-state index in [2.05, 4.69) is 4.98 Å². The molecule has 1 aliphatic rings. The molecule has 8 heteroatoms. The van der Waals surface area contributed by atoms with Crippen LogP contribution in [-0.2, 0) is 4.84 Å². The Morgan fingerprint density at radius 2 is 1.65 bits per heavy atom. The van der Waals surface area contributed by atoms with Gasteiger partial charge in [-0.25, -0.2) is 18.6 Å². The normalized spacial score (nSPS) is 13.4. The Labute approximate surface area is 128 Å². The van der Waals surface area contributed by atoms with Gasteiger partial charge in [0.15, 0.2) is 5.69 Å². The molecule has 116 valence electrons. The molecule has 1 aromatic carbocycles. The van der Waals surface area contributed by atoms with Gasteiger partial charge in [0.1, 0.15) is 0 Å². The number of benzene rings is 1. The van der Waals surface area contributed by atoms with Gasteiger partial charge in [-0.05, 0) is 24.3 Å². The summed E-state index contributed by atoms with van der Waals surface area (Å²) in [5.41, 5.74) is -0.425. The van der Waals surface area contributed by atoms with E-state index in [1.54, 1.807) is 12.1 Å². The molecular weight excluding hydrogens is 310 g/mol. The van der Waals surface area contributed by atoms with Gasteiger partial charge in [0.05, 0.1) is 11.1 Å². The number of imide groups is 1. The van der Waals surface area contributed by atoms with Gasteiger partial charge in [-0.1, -0.05) is 17.2 Å². The predicted molar refractivity (Wildman–Crippen MR) is 71.6 cm³/mol. The molecular formula is C15H8F2N2O4. The van der Waals surface area contributed by atoms with E-state index in [0.717, 1.165) is 18.3 Å². The Bertz CT molecular complexity index is 770. The fraction of sp³-hybridized carbons (Fsp3) is 0.0667. The zero-order valence-corrected chi connectivity index (χ0v) is 11.4. The van der Waals surface area contributed by atoms with Gasteiger partial charge in [0.25, 0.3) is 18.2 Å². The van der Waals surface area contributed by atoms with Crippen LogP contribution in [0.2, 0.25) is 0 Å². The highest BCUT2D eigenvalue weighted by Crippen LogP contribution is 2.23. The molecule has 0 N–H and O–H groups in total. The number of amides is 2. The molecule has 6 nitrogen and oxygen atoms in total. The number of pyridine rings is 1. The van der Waals surface area contributed by atoms with Gasteiger partial charge in [-0.2, -0.15) is 0 Å². The molecule has 0 aliphatic carbocycles. The second kappa shape index (κ2) is 5.56. The third kappa shape index (κ3) is 2.54. The van der Waals surface area contributed by atoms with Crippen molar-refractivity contribution in [1.29, 1.82) is 0 Å². The Kier molecular flexibility index (Phi) is 3.57. The first-order valence-electron chi connectivity index (χ1n) is 6.43. The van der Waals surface area contributed by atoms with Gasteiger partial charge in [0.2, 0.25) is 0 Å². The quantitative estimate of drug-likeness (QED) is 0.812. The highest BCUT2D eigenvalue weighted by Gasteiger charge is 2.38. The highest BCUT2D eigenvalue weighted by atomic mass is 19.3. The maximum Gasteiger partial charge on any atom is 0.382 e. The second-order valence-electron chi connectivity index (χ2n) is 4.61. The highest BCUT2D eigenvalue weighted by molar-refractivity contribution is 6.21. The molecule has 0 fully saturated rings. The number of alkyl halides is 2. The Balaban J connectivity index is 1.79. The van der Waals surface area contributed by atoms with Crippen LogP contribution in [0.4, 0.5) is 8.78 Å². The molecule has 2 heterocycles. The van der Waals surface area contributed by atoms with Crippen molar-refractivity contribution in [3.63, 3.8) is 0 Å². The van der Waals surface area contributed by atoms with Crippen LogP contribution in [0.25, 0.3) is 0 Å². The average Bonchev–Trinajstić information content (AvgIpc) is 2.80. The number of hydrogen-bond donors (Lipinski definition) is 0. The van der Waals surface area contributed by atoms with Crippen molar-refractivity contribution in [3.05, 3.63) is 65.0 Å². The van der Waals surface area contributed by atoms with Gasteiger partial charge < -0.3 is 4.84 Å². The summed E-state index contributed by atoms with van der Waals surface area (Å²) < 4.78 is 24.9. The minimum atomic E-state index is -2.72. The number of rotatable bonds is 3. The minimum absolute atomic E-state index is 0.117. The first kappa shape index (κ1) is 14.8. The maximum absolute atomic E-state index is 12.4. The third-order valence-electron chi connectivity index (χ3n) is 3.18. The van der Waals surface area contributed by atoms with Gasteiger partial charge in [0, 0.05) is 11.8 Å². The fourth-order valence-corrected chi connectivity index (χ4v) is 2.03. The molecule has 0 spiro atoms. The maximum atomic E-state index is 12.4. The lowest BCUT2D eigenvalue weighted by molar-refractivity contribution is -0.0588. The van der Waals surface area contributed by atoms with Gasteiger partial charge in [-0.3, -0.25) is 9.59 Å². The van der Waals surface area contributed by atoms with Crippen LogP contribution in [-0.4, -0.2) is 27.8 Å². The van der Waals surface area contributed by atoms with E-state index in [4.69, 9.17) is 4.84 Å². The molecule has 0 bridgehead atoms. The van der Waals surface area contributed by atoms with Crippen LogP contribution >= 0.6 is 0 Å². The SMILES string of the molecule is O=C(ON1C(=O)c2ccccc2C1=O)c1ccc(C(F)F)cn1. The lowest BCUT2D eigenvalue weighted by Gasteiger charge is -2.12. The lowest BCUT2D eigenvalue weighted by Crippen LogP contribution is -2.32. The van der Waals surface area contributed by atoms with Gasteiger partial charge in [-0.15, -0.1) is 0 Å². The second-order valence-corrected chi connectivity index (χ2v) is 4.61. The lowest BCUT2D eigenvalue weighted by atomic mass is 10.1. The summed E-state index contributed by atoms with van der Waals surface area (Å²) in [7, 11) is 0. The van der Waals surface area contributed by atoms with Crippen LogP contribution < -0.4 is 0 Å². The summed E-state index contributed by atoms with van der Waals surface area (Å²) in [6.07, 6.45) is -1.90. The number of halogens is 2. The Morgan fingerprint density at radius 1 is 1.04 bits per heavy atom. The number of fused-ring (bicyclic) bond motifs is 1. The summed E-state index contributed by atoms with van der Waals surface area (Å²) in [5.74, 6) is -2.65.